The largest absolute Gasteiger partial charge is 0.334 e. The average molecular weight is 462 g/mol. The number of halogens is 1. The lowest BCUT2D eigenvalue weighted by Gasteiger charge is -2.25. The molecule has 0 spiro atoms. The van der Waals surface area contributed by atoms with Crippen LogP contribution in [0.1, 0.15) is 49.3 Å². The van der Waals surface area contributed by atoms with Gasteiger partial charge < -0.3 is 10.6 Å². The van der Waals surface area contributed by atoms with Gasteiger partial charge in [-0.2, -0.15) is 4.31 Å². The van der Waals surface area contributed by atoms with Crippen molar-refractivity contribution in [1.29, 1.82) is 0 Å². The lowest BCUT2D eigenvalue weighted by Crippen LogP contribution is -2.38. The molecular formula is C23H28ClN3O3S. The summed E-state index contributed by atoms with van der Waals surface area (Å²) in [6, 6.07) is 14.1. The summed E-state index contributed by atoms with van der Waals surface area (Å²) in [5, 5.41) is 6.62. The highest BCUT2D eigenvalue weighted by molar-refractivity contribution is 7.89. The number of rotatable bonds is 7. The molecule has 2 fully saturated rings. The molecule has 0 bridgehead atoms. The molecule has 2 amide bonds. The third-order valence-electron chi connectivity index (χ3n) is 5.94. The van der Waals surface area contributed by atoms with Gasteiger partial charge in [0.15, 0.2) is 0 Å². The predicted octanol–water partition coefficient (Wildman–Crippen LogP) is 4.47. The summed E-state index contributed by atoms with van der Waals surface area (Å²) in [6.07, 6.45) is 5.10. The van der Waals surface area contributed by atoms with E-state index in [-0.39, 0.29) is 12.1 Å². The van der Waals surface area contributed by atoms with E-state index in [1.807, 2.05) is 24.3 Å². The molecule has 6 nitrogen and oxygen atoms in total. The van der Waals surface area contributed by atoms with Crippen LogP contribution in [-0.4, -0.2) is 31.8 Å². The highest BCUT2D eigenvalue weighted by Crippen LogP contribution is 2.41. The summed E-state index contributed by atoms with van der Waals surface area (Å²) in [6.45, 7) is 1.50. The second-order valence-electron chi connectivity index (χ2n) is 8.30. The van der Waals surface area contributed by atoms with Gasteiger partial charge in [-0.1, -0.05) is 42.3 Å². The zero-order valence-electron chi connectivity index (χ0n) is 17.4. The number of nitrogens with zero attached hydrogens (tertiary/aromatic N) is 1. The Morgan fingerprint density at radius 1 is 1.00 bits per heavy atom. The van der Waals surface area contributed by atoms with Gasteiger partial charge >= 0.3 is 6.03 Å². The molecule has 1 aliphatic heterocycles. The minimum absolute atomic E-state index is 0.0330. The van der Waals surface area contributed by atoms with Crippen LogP contribution in [0.2, 0.25) is 5.02 Å². The lowest BCUT2D eigenvalue weighted by molar-refractivity contribution is 0.235. The first-order chi connectivity index (χ1) is 14.9. The lowest BCUT2D eigenvalue weighted by atomic mass is 10.0. The minimum atomic E-state index is -3.44. The van der Waals surface area contributed by atoms with E-state index in [9.17, 15) is 13.2 Å². The number of piperidine rings is 1. The van der Waals surface area contributed by atoms with E-state index in [0.717, 1.165) is 43.2 Å². The molecule has 166 valence electrons. The maximum absolute atomic E-state index is 12.7. The molecule has 1 heterocycles. The van der Waals surface area contributed by atoms with Crippen LogP contribution in [0, 0.1) is 5.92 Å². The van der Waals surface area contributed by atoms with Gasteiger partial charge in [0.25, 0.3) is 0 Å². The van der Waals surface area contributed by atoms with E-state index in [0.29, 0.717) is 35.5 Å². The number of carbonyl (C=O) groups excluding carboxylic acids is 1. The smallest absolute Gasteiger partial charge is 0.315 e. The topological polar surface area (TPSA) is 78.5 Å². The number of carbonyl (C=O) groups is 1. The predicted molar refractivity (Wildman–Crippen MR) is 121 cm³/mol. The molecule has 1 atom stereocenters. The molecule has 0 aromatic heterocycles. The van der Waals surface area contributed by atoms with Crippen molar-refractivity contribution < 1.29 is 13.2 Å². The van der Waals surface area contributed by atoms with Gasteiger partial charge in [-0.15, -0.1) is 0 Å². The number of benzene rings is 2. The maximum atomic E-state index is 12.7. The van der Waals surface area contributed by atoms with Gasteiger partial charge in [-0.25, -0.2) is 13.2 Å². The summed E-state index contributed by atoms with van der Waals surface area (Å²) < 4.78 is 27.1. The van der Waals surface area contributed by atoms with Crippen molar-refractivity contribution in [1.82, 2.24) is 14.9 Å². The summed E-state index contributed by atoms with van der Waals surface area (Å²) in [5.74, 6) is 0.450. The van der Waals surface area contributed by atoms with Crippen molar-refractivity contribution in [2.45, 2.75) is 49.6 Å². The van der Waals surface area contributed by atoms with Gasteiger partial charge in [0.1, 0.15) is 0 Å². The Kier molecular flexibility index (Phi) is 6.84. The molecule has 8 heteroatoms. The molecule has 1 aliphatic carbocycles. The number of hydrogen-bond donors (Lipinski definition) is 2. The summed E-state index contributed by atoms with van der Waals surface area (Å²) in [4.78, 5) is 12.8. The fourth-order valence-electron chi connectivity index (χ4n) is 3.98. The Hall–Kier alpha value is -2.09. The maximum Gasteiger partial charge on any atom is 0.315 e. The van der Waals surface area contributed by atoms with Gasteiger partial charge in [0, 0.05) is 24.7 Å². The van der Waals surface area contributed by atoms with Crippen LogP contribution >= 0.6 is 11.6 Å². The first-order valence-electron chi connectivity index (χ1n) is 10.8. The minimum Gasteiger partial charge on any atom is -0.334 e. The van der Waals surface area contributed by atoms with Crippen LogP contribution in [0.5, 0.6) is 0 Å². The van der Waals surface area contributed by atoms with Crippen molar-refractivity contribution in [2.75, 3.05) is 13.1 Å². The van der Waals surface area contributed by atoms with Gasteiger partial charge in [0.05, 0.1) is 10.9 Å². The number of nitrogens with one attached hydrogen (secondary N) is 2. The number of sulfonamides is 1. The van der Waals surface area contributed by atoms with Crippen molar-refractivity contribution in [2.24, 2.45) is 5.92 Å². The van der Waals surface area contributed by atoms with E-state index in [4.69, 9.17) is 11.6 Å². The Morgan fingerprint density at radius 2 is 1.65 bits per heavy atom. The molecule has 1 saturated carbocycles. The van der Waals surface area contributed by atoms with Crippen LogP contribution in [0.3, 0.4) is 0 Å². The van der Waals surface area contributed by atoms with E-state index >= 15 is 0 Å². The van der Waals surface area contributed by atoms with Crippen LogP contribution < -0.4 is 10.6 Å². The zero-order valence-corrected chi connectivity index (χ0v) is 19.0. The third kappa shape index (κ3) is 5.59. The molecule has 0 radical (unpaired) electrons. The molecular weight excluding hydrogens is 434 g/mol. The van der Waals surface area contributed by atoms with E-state index in [1.54, 1.807) is 28.6 Å². The molecule has 2 aromatic rings. The van der Waals surface area contributed by atoms with Crippen molar-refractivity contribution in [3.8, 4) is 0 Å². The molecule has 2 N–H and O–H groups in total. The first-order valence-corrected chi connectivity index (χ1v) is 12.6. The summed E-state index contributed by atoms with van der Waals surface area (Å²) in [5.41, 5.74) is 1.90. The number of urea groups is 1. The molecule has 1 unspecified atom stereocenters. The van der Waals surface area contributed by atoms with Crippen LogP contribution in [0.4, 0.5) is 4.79 Å². The van der Waals surface area contributed by atoms with Crippen molar-refractivity contribution in [3.05, 3.63) is 64.7 Å². The average Bonchev–Trinajstić information content (AvgIpc) is 3.63. The Morgan fingerprint density at radius 3 is 2.26 bits per heavy atom. The van der Waals surface area contributed by atoms with Crippen LogP contribution in [-0.2, 0) is 16.6 Å². The van der Waals surface area contributed by atoms with E-state index in [2.05, 4.69) is 10.6 Å². The quantitative estimate of drug-likeness (QED) is 0.638. The van der Waals surface area contributed by atoms with Crippen LogP contribution in [0.25, 0.3) is 0 Å². The standard InChI is InChI=1S/C23H28ClN3O3S/c24-20-10-8-19(9-11-20)22(18-6-7-18)26-23(28)25-16-17-4-12-21(13-5-17)31(29,30)27-14-2-1-3-15-27/h4-5,8-13,18,22H,1-3,6-7,14-16H2,(H2,25,26,28). The molecule has 2 aromatic carbocycles. The molecule has 31 heavy (non-hydrogen) atoms. The van der Waals surface area contributed by atoms with E-state index in [1.165, 1.54) is 0 Å². The van der Waals surface area contributed by atoms with E-state index < -0.39 is 10.0 Å². The normalized spacial score (nSPS) is 18.4. The Bertz CT molecular complexity index is 999. The monoisotopic (exact) mass is 461 g/mol. The molecule has 1 saturated heterocycles. The Balaban J connectivity index is 1.33. The van der Waals surface area contributed by atoms with Gasteiger partial charge in [-0.05, 0) is 67.0 Å². The SMILES string of the molecule is O=C(NCc1ccc(S(=O)(=O)N2CCCCC2)cc1)NC(c1ccc(Cl)cc1)C1CC1. The second-order valence-corrected chi connectivity index (χ2v) is 10.7. The summed E-state index contributed by atoms with van der Waals surface area (Å²) >= 11 is 5.98. The van der Waals surface area contributed by atoms with Crippen molar-refractivity contribution >= 4 is 27.7 Å². The fraction of sp³-hybridized carbons (Fsp3) is 0.435. The van der Waals surface area contributed by atoms with Crippen molar-refractivity contribution in [3.63, 3.8) is 0 Å². The second kappa shape index (κ2) is 9.59. The Labute approximate surface area is 189 Å². The van der Waals surface area contributed by atoms with Gasteiger partial charge in [0.2, 0.25) is 10.0 Å². The summed E-state index contributed by atoms with van der Waals surface area (Å²) in [7, 11) is -3.44. The molecule has 2 aliphatic rings. The fourth-order valence-corrected chi connectivity index (χ4v) is 5.62. The highest BCUT2D eigenvalue weighted by Gasteiger charge is 2.33. The first kappa shape index (κ1) is 22.1. The number of amides is 2. The van der Waals surface area contributed by atoms with Crippen LogP contribution in [0.15, 0.2) is 53.4 Å². The van der Waals surface area contributed by atoms with Gasteiger partial charge in [-0.3, -0.25) is 0 Å². The highest BCUT2D eigenvalue weighted by atomic mass is 35.5. The number of hydrogen-bond acceptors (Lipinski definition) is 3. The third-order valence-corrected chi connectivity index (χ3v) is 8.10. The molecule has 4 rings (SSSR count). The zero-order chi connectivity index (χ0) is 21.8.